The van der Waals surface area contributed by atoms with Crippen molar-refractivity contribution in [1.82, 2.24) is 4.90 Å². The van der Waals surface area contributed by atoms with Gasteiger partial charge in [0.05, 0.1) is 12.2 Å². The van der Waals surface area contributed by atoms with Crippen LogP contribution in [-0.2, 0) is 9.47 Å². The molecule has 2 heterocycles. The van der Waals surface area contributed by atoms with E-state index in [1.54, 1.807) is 0 Å². The van der Waals surface area contributed by atoms with Crippen molar-refractivity contribution in [2.45, 2.75) is 51.9 Å². The molecule has 0 bridgehead atoms. The molecule has 2 saturated heterocycles. The highest BCUT2D eigenvalue weighted by Gasteiger charge is 2.44. The van der Waals surface area contributed by atoms with Gasteiger partial charge in [0.25, 0.3) is 0 Å². The topological polar surface area (TPSA) is 21.7 Å². The Morgan fingerprint density at radius 3 is 2.53 bits per heavy atom. The molecule has 0 saturated carbocycles. The highest BCUT2D eigenvalue weighted by Crippen LogP contribution is 2.36. The number of piperidine rings is 1. The van der Waals surface area contributed by atoms with E-state index in [4.69, 9.17) is 9.47 Å². The van der Waals surface area contributed by atoms with Crippen molar-refractivity contribution in [3.63, 3.8) is 0 Å². The van der Waals surface area contributed by atoms with Gasteiger partial charge in [0.15, 0.2) is 6.29 Å². The molecule has 2 rings (SSSR count). The van der Waals surface area contributed by atoms with Crippen LogP contribution in [0.15, 0.2) is 12.3 Å². The van der Waals surface area contributed by atoms with Gasteiger partial charge in [-0.1, -0.05) is 27.4 Å². The van der Waals surface area contributed by atoms with Gasteiger partial charge in [-0.2, -0.15) is 0 Å². The van der Waals surface area contributed by atoms with E-state index in [1.807, 2.05) is 0 Å². The molecule has 3 nitrogen and oxygen atoms in total. The number of hydrogen-bond donors (Lipinski definition) is 0. The van der Waals surface area contributed by atoms with Gasteiger partial charge in [0.2, 0.25) is 0 Å². The predicted molar refractivity (Wildman–Crippen MR) is 68.6 cm³/mol. The molecule has 3 heteroatoms. The van der Waals surface area contributed by atoms with Crippen LogP contribution in [0.5, 0.6) is 0 Å². The molecule has 0 aromatic rings. The minimum absolute atomic E-state index is 0.00377. The van der Waals surface area contributed by atoms with Crippen molar-refractivity contribution in [2.75, 3.05) is 19.7 Å². The number of likely N-dealkylation sites (tertiary alicyclic amines) is 1. The maximum atomic E-state index is 6.13. The zero-order valence-electron chi connectivity index (χ0n) is 11.4. The SMILES string of the molecule is C=C(CC)N1CCC2(CC1)COC(C(C)C)O2. The average molecular weight is 239 g/mol. The Bertz CT molecular complexity index is 280. The maximum Gasteiger partial charge on any atom is 0.160 e. The second-order valence-corrected chi connectivity index (χ2v) is 5.63. The summed E-state index contributed by atoms with van der Waals surface area (Å²) in [5.74, 6) is 0.443. The lowest BCUT2D eigenvalue weighted by molar-refractivity contribution is -0.126. The maximum absolute atomic E-state index is 6.13. The van der Waals surface area contributed by atoms with Crippen molar-refractivity contribution in [3.05, 3.63) is 12.3 Å². The molecule has 2 aliphatic heterocycles. The molecule has 0 aromatic carbocycles. The summed E-state index contributed by atoms with van der Waals surface area (Å²) in [6, 6.07) is 0. The summed E-state index contributed by atoms with van der Waals surface area (Å²) in [6.07, 6.45) is 3.17. The summed E-state index contributed by atoms with van der Waals surface area (Å²) in [4.78, 5) is 2.39. The largest absolute Gasteiger partial charge is 0.375 e. The van der Waals surface area contributed by atoms with E-state index in [9.17, 15) is 0 Å². The zero-order chi connectivity index (χ0) is 12.5. The fraction of sp³-hybridized carbons (Fsp3) is 0.857. The van der Waals surface area contributed by atoms with Crippen LogP contribution in [0, 0.1) is 5.92 Å². The summed E-state index contributed by atoms with van der Waals surface area (Å²) in [6.45, 7) is 13.5. The van der Waals surface area contributed by atoms with Crippen molar-refractivity contribution < 1.29 is 9.47 Å². The number of nitrogens with zero attached hydrogens (tertiary/aromatic N) is 1. The third-order valence-corrected chi connectivity index (χ3v) is 3.95. The second-order valence-electron chi connectivity index (χ2n) is 5.63. The highest BCUT2D eigenvalue weighted by molar-refractivity contribution is 4.99. The van der Waals surface area contributed by atoms with Crippen LogP contribution in [0.25, 0.3) is 0 Å². The first-order valence-electron chi connectivity index (χ1n) is 6.78. The van der Waals surface area contributed by atoms with E-state index in [0.29, 0.717) is 5.92 Å². The van der Waals surface area contributed by atoms with Crippen LogP contribution < -0.4 is 0 Å². The van der Waals surface area contributed by atoms with E-state index in [-0.39, 0.29) is 11.9 Å². The van der Waals surface area contributed by atoms with Gasteiger partial charge in [0.1, 0.15) is 0 Å². The Kier molecular flexibility index (Phi) is 3.79. The van der Waals surface area contributed by atoms with E-state index in [0.717, 1.165) is 39.0 Å². The minimum atomic E-state index is -0.0144. The Hall–Kier alpha value is -0.540. The van der Waals surface area contributed by atoms with Gasteiger partial charge in [-0.05, 0) is 19.3 Å². The smallest absolute Gasteiger partial charge is 0.160 e. The van der Waals surface area contributed by atoms with Crippen LogP contribution in [0.3, 0.4) is 0 Å². The molecule has 17 heavy (non-hydrogen) atoms. The Labute approximate surface area is 105 Å². The molecular weight excluding hydrogens is 214 g/mol. The third kappa shape index (κ3) is 2.66. The molecule has 0 aromatic heterocycles. The van der Waals surface area contributed by atoms with E-state index >= 15 is 0 Å². The number of rotatable bonds is 3. The number of ether oxygens (including phenoxy) is 2. The van der Waals surface area contributed by atoms with Crippen LogP contribution in [0.2, 0.25) is 0 Å². The Balaban J connectivity index is 1.89. The van der Waals surface area contributed by atoms with Gasteiger partial charge in [-0.3, -0.25) is 0 Å². The summed E-state index contributed by atoms with van der Waals surface area (Å²) in [5, 5.41) is 0. The zero-order valence-corrected chi connectivity index (χ0v) is 11.4. The van der Waals surface area contributed by atoms with E-state index in [2.05, 4.69) is 32.3 Å². The van der Waals surface area contributed by atoms with Gasteiger partial charge in [0, 0.05) is 24.7 Å². The third-order valence-electron chi connectivity index (χ3n) is 3.95. The Morgan fingerprint density at radius 2 is 2.06 bits per heavy atom. The summed E-state index contributed by atoms with van der Waals surface area (Å²) < 4.78 is 11.9. The minimum Gasteiger partial charge on any atom is -0.375 e. The highest BCUT2D eigenvalue weighted by atomic mass is 16.7. The summed E-state index contributed by atoms with van der Waals surface area (Å²) >= 11 is 0. The fourth-order valence-electron chi connectivity index (χ4n) is 2.59. The first-order valence-corrected chi connectivity index (χ1v) is 6.78. The molecule has 0 radical (unpaired) electrons. The van der Waals surface area contributed by atoms with Gasteiger partial charge >= 0.3 is 0 Å². The van der Waals surface area contributed by atoms with Crippen LogP contribution in [-0.4, -0.2) is 36.5 Å². The lowest BCUT2D eigenvalue weighted by Crippen LogP contribution is -2.45. The number of hydrogen-bond acceptors (Lipinski definition) is 3. The van der Waals surface area contributed by atoms with Crippen molar-refractivity contribution in [3.8, 4) is 0 Å². The molecule has 1 atom stereocenters. The molecule has 1 unspecified atom stereocenters. The van der Waals surface area contributed by atoms with Gasteiger partial charge in [-0.15, -0.1) is 0 Å². The van der Waals surface area contributed by atoms with Crippen molar-refractivity contribution in [1.29, 1.82) is 0 Å². The molecule has 2 fully saturated rings. The van der Waals surface area contributed by atoms with Gasteiger partial charge < -0.3 is 14.4 Å². The predicted octanol–water partition coefficient (Wildman–Crippen LogP) is 2.77. The molecular formula is C14H25NO2. The number of allylic oxidation sites excluding steroid dienone is 1. The van der Waals surface area contributed by atoms with Gasteiger partial charge in [-0.25, -0.2) is 0 Å². The van der Waals surface area contributed by atoms with E-state index < -0.39 is 0 Å². The summed E-state index contributed by atoms with van der Waals surface area (Å²) in [5.41, 5.74) is 1.23. The monoisotopic (exact) mass is 239 g/mol. The molecule has 1 spiro atoms. The molecule has 98 valence electrons. The normalized spacial score (nSPS) is 28.0. The van der Waals surface area contributed by atoms with E-state index in [1.165, 1.54) is 5.70 Å². The van der Waals surface area contributed by atoms with Crippen molar-refractivity contribution >= 4 is 0 Å². The lowest BCUT2D eigenvalue weighted by atomic mass is 9.92. The van der Waals surface area contributed by atoms with Crippen molar-refractivity contribution in [2.24, 2.45) is 5.92 Å². The Morgan fingerprint density at radius 1 is 1.41 bits per heavy atom. The first kappa shape index (κ1) is 12.9. The molecule has 2 aliphatic rings. The quantitative estimate of drug-likeness (QED) is 0.756. The lowest BCUT2D eigenvalue weighted by Gasteiger charge is -2.39. The second kappa shape index (κ2) is 4.99. The van der Waals surface area contributed by atoms with Crippen LogP contribution in [0.4, 0.5) is 0 Å². The molecule has 0 N–H and O–H groups in total. The fourth-order valence-corrected chi connectivity index (χ4v) is 2.59. The first-order chi connectivity index (χ1) is 8.06. The molecule has 0 aliphatic carbocycles. The average Bonchev–Trinajstić information content (AvgIpc) is 2.74. The summed E-state index contributed by atoms with van der Waals surface area (Å²) in [7, 11) is 0. The molecule has 0 amide bonds. The van der Waals surface area contributed by atoms with Crippen LogP contribution in [0.1, 0.15) is 40.0 Å². The standard InChI is InChI=1S/C14H25NO2/c1-5-12(4)15-8-6-14(7-9-15)10-16-13(17-14)11(2)3/h11,13H,4-10H2,1-3H3. The van der Waals surface area contributed by atoms with Crippen LogP contribution >= 0.6 is 0 Å².